The summed E-state index contributed by atoms with van der Waals surface area (Å²) in [6.45, 7) is 2.63. The van der Waals surface area contributed by atoms with Crippen LogP contribution in [0.3, 0.4) is 0 Å². The first kappa shape index (κ1) is 12.8. The van der Waals surface area contributed by atoms with Gasteiger partial charge in [-0.1, -0.05) is 6.92 Å². The fourth-order valence-electron chi connectivity index (χ4n) is 1.24. The van der Waals surface area contributed by atoms with Crippen LogP contribution in [-0.4, -0.2) is 32.5 Å². The van der Waals surface area contributed by atoms with Gasteiger partial charge in [0.15, 0.2) is 0 Å². The highest BCUT2D eigenvalue weighted by Crippen LogP contribution is 2.28. The first-order chi connectivity index (χ1) is 6.97. The molecule has 0 saturated heterocycles. The summed E-state index contributed by atoms with van der Waals surface area (Å²) in [5.74, 6) is 0.839. The highest BCUT2D eigenvalue weighted by molar-refractivity contribution is 4.72. The topological polar surface area (TPSA) is 21.3 Å². The number of rotatable bonds is 7. The van der Waals surface area contributed by atoms with Gasteiger partial charge < -0.3 is 10.1 Å². The van der Waals surface area contributed by atoms with E-state index in [2.05, 4.69) is 5.32 Å². The number of ether oxygens (including phenoxy) is 1. The minimum atomic E-state index is -4.12. The molecule has 2 nitrogen and oxygen atoms in total. The van der Waals surface area contributed by atoms with Crippen LogP contribution < -0.4 is 5.32 Å². The molecule has 90 valence electrons. The molecule has 0 aromatic rings. The fourth-order valence-corrected chi connectivity index (χ4v) is 1.24. The van der Waals surface area contributed by atoms with Crippen molar-refractivity contribution in [1.82, 2.24) is 5.32 Å². The van der Waals surface area contributed by atoms with Crippen molar-refractivity contribution in [3.05, 3.63) is 0 Å². The lowest BCUT2D eigenvalue weighted by molar-refractivity contribution is -0.125. The molecule has 0 spiro atoms. The number of hydrogen-bond donors (Lipinski definition) is 1. The van der Waals surface area contributed by atoms with Crippen molar-refractivity contribution in [1.29, 1.82) is 0 Å². The summed E-state index contributed by atoms with van der Waals surface area (Å²) < 4.78 is 40.7. The number of nitrogens with one attached hydrogen (secondary N) is 1. The van der Waals surface area contributed by atoms with Gasteiger partial charge in [0.05, 0.1) is 13.2 Å². The van der Waals surface area contributed by atoms with E-state index in [4.69, 9.17) is 4.74 Å². The zero-order chi connectivity index (χ0) is 11.3. The molecule has 0 amide bonds. The van der Waals surface area contributed by atoms with Crippen LogP contribution in [0, 0.1) is 11.8 Å². The summed E-state index contributed by atoms with van der Waals surface area (Å²) in [5.41, 5.74) is 0. The van der Waals surface area contributed by atoms with E-state index in [-0.39, 0.29) is 5.92 Å². The molecule has 1 N–H and O–H groups in total. The van der Waals surface area contributed by atoms with Crippen LogP contribution in [0.4, 0.5) is 13.2 Å². The minimum absolute atomic E-state index is 0.131. The van der Waals surface area contributed by atoms with E-state index >= 15 is 0 Å². The van der Waals surface area contributed by atoms with Gasteiger partial charge in [0, 0.05) is 13.2 Å². The summed E-state index contributed by atoms with van der Waals surface area (Å²) in [5, 5.41) is 2.37. The van der Waals surface area contributed by atoms with Gasteiger partial charge in [-0.2, -0.15) is 13.2 Å². The lowest BCUT2D eigenvalue weighted by Crippen LogP contribution is -2.33. The average Bonchev–Trinajstić information content (AvgIpc) is 2.85. The lowest BCUT2D eigenvalue weighted by Gasteiger charge is -2.14. The third-order valence-electron chi connectivity index (χ3n) is 2.27. The Bertz CT molecular complexity index is 180. The first-order valence-electron chi connectivity index (χ1n) is 5.32. The number of hydrogen-bond acceptors (Lipinski definition) is 2. The summed E-state index contributed by atoms with van der Waals surface area (Å²) in [4.78, 5) is 0. The summed E-state index contributed by atoms with van der Waals surface area (Å²) in [6, 6.07) is 0. The van der Waals surface area contributed by atoms with Gasteiger partial charge in [-0.15, -0.1) is 0 Å². The lowest BCUT2D eigenvalue weighted by atomic mass is 10.2. The predicted octanol–water partition coefficient (Wildman–Crippen LogP) is 2.20. The van der Waals surface area contributed by atoms with E-state index in [0.717, 1.165) is 6.61 Å². The second-order valence-corrected chi connectivity index (χ2v) is 4.33. The molecule has 1 aliphatic rings. The Labute approximate surface area is 88.2 Å². The summed E-state index contributed by atoms with van der Waals surface area (Å²) >= 11 is 0. The van der Waals surface area contributed by atoms with Gasteiger partial charge in [-0.25, -0.2) is 0 Å². The number of alkyl halides is 3. The van der Waals surface area contributed by atoms with Crippen LogP contribution in [-0.2, 0) is 4.74 Å². The molecule has 1 fully saturated rings. The third kappa shape index (κ3) is 7.62. The van der Waals surface area contributed by atoms with E-state index < -0.39 is 12.7 Å². The second kappa shape index (κ2) is 5.70. The van der Waals surface area contributed by atoms with Crippen molar-refractivity contribution in [2.24, 2.45) is 11.8 Å². The fraction of sp³-hybridized carbons (Fsp3) is 1.00. The largest absolute Gasteiger partial charge is 0.401 e. The van der Waals surface area contributed by atoms with Crippen molar-refractivity contribution in [2.45, 2.75) is 25.9 Å². The Kier molecular flexibility index (Phi) is 4.86. The Morgan fingerprint density at radius 2 is 2.07 bits per heavy atom. The molecule has 0 heterocycles. The van der Waals surface area contributed by atoms with Crippen molar-refractivity contribution >= 4 is 0 Å². The molecule has 0 bridgehead atoms. The minimum Gasteiger partial charge on any atom is -0.381 e. The third-order valence-corrected chi connectivity index (χ3v) is 2.27. The molecule has 0 aromatic heterocycles. The molecule has 1 saturated carbocycles. The van der Waals surface area contributed by atoms with Gasteiger partial charge in [0.2, 0.25) is 0 Å². The maximum Gasteiger partial charge on any atom is 0.401 e. The van der Waals surface area contributed by atoms with Crippen molar-refractivity contribution in [2.75, 3.05) is 26.3 Å². The summed E-state index contributed by atoms with van der Waals surface area (Å²) in [7, 11) is 0. The first-order valence-corrected chi connectivity index (χ1v) is 5.32. The second-order valence-electron chi connectivity index (χ2n) is 4.33. The summed E-state index contributed by atoms with van der Waals surface area (Å²) in [6.07, 6.45) is -1.64. The molecule has 5 heteroatoms. The molecule has 1 atom stereocenters. The van der Waals surface area contributed by atoms with E-state index in [0.29, 0.717) is 19.1 Å². The Balaban J connectivity index is 1.90. The van der Waals surface area contributed by atoms with Crippen molar-refractivity contribution in [3.8, 4) is 0 Å². The molecule has 1 rings (SSSR count). The van der Waals surface area contributed by atoms with E-state index in [1.807, 2.05) is 6.92 Å². The Hall–Kier alpha value is -0.290. The molecular formula is C10H18F3NO. The van der Waals surface area contributed by atoms with E-state index in [1.54, 1.807) is 0 Å². The zero-order valence-corrected chi connectivity index (χ0v) is 8.94. The molecule has 0 aromatic carbocycles. The molecule has 0 radical (unpaired) electrons. The SMILES string of the molecule is CC(CNCC(F)(F)F)COCC1CC1. The predicted molar refractivity (Wildman–Crippen MR) is 51.6 cm³/mol. The zero-order valence-electron chi connectivity index (χ0n) is 8.94. The molecule has 15 heavy (non-hydrogen) atoms. The van der Waals surface area contributed by atoms with Crippen LogP contribution in [0.5, 0.6) is 0 Å². The van der Waals surface area contributed by atoms with Crippen LogP contribution in [0.25, 0.3) is 0 Å². The van der Waals surface area contributed by atoms with Crippen molar-refractivity contribution in [3.63, 3.8) is 0 Å². The van der Waals surface area contributed by atoms with Crippen LogP contribution in [0.1, 0.15) is 19.8 Å². The van der Waals surface area contributed by atoms with Crippen LogP contribution in [0.15, 0.2) is 0 Å². The molecule has 1 unspecified atom stereocenters. The standard InChI is InChI=1S/C10H18F3NO/c1-8(4-14-7-10(11,12)13)5-15-6-9-2-3-9/h8-9,14H,2-7H2,1H3. The van der Waals surface area contributed by atoms with Gasteiger partial charge >= 0.3 is 6.18 Å². The van der Waals surface area contributed by atoms with Crippen LogP contribution >= 0.6 is 0 Å². The van der Waals surface area contributed by atoms with E-state index in [1.165, 1.54) is 12.8 Å². The highest BCUT2D eigenvalue weighted by atomic mass is 19.4. The molecule has 1 aliphatic carbocycles. The molecular weight excluding hydrogens is 207 g/mol. The quantitative estimate of drug-likeness (QED) is 0.717. The van der Waals surface area contributed by atoms with E-state index in [9.17, 15) is 13.2 Å². The monoisotopic (exact) mass is 225 g/mol. The van der Waals surface area contributed by atoms with Crippen molar-refractivity contribution < 1.29 is 17.9 Å². The normalized spacial score (nSPS) is 19.2. The smallest absolute Gasteiger partial charge is 0.381 e. The highest BCUT2D eigenvalue weighted by Gasteiger charge is 2.26. The maximum absolute atomic E-state index is 11.8. The molecule has 0 aliphatic heterocycles. The van der Waals surface area contributed by atoms with Gasteiger partial charge in [0.25, 0.3) is 0 Å². The Morgan fingerprint density at radius 1 is 1.40 bits per heavy atom. The van der Waals surface area contributed by atoms with Gasteiger partial charge in [0.1, 0.15) is 0 Å². The average molecular weight is 225 g/mol. The van der Waals surface area contributed by atoms with Gasteiger partial charge in [-0.3, -0.25) is 0 Å². The Morgan fingerprint density at radius 3 is 2.60 bits per heavy atom. The maximum atomic E-state index is 11.8. The van der Waals surface area contributed by atoms with Gasteiger partial charge in [-0.05, 0) is 24.7 Å². The number of halogens is 3. The van der Waals surface area contributed by atoms with Crippen LogP contribution in [0.2, 0.25) is 0 Å².